The number of rotatable bonds is 10. The lowest BCUT2D eigenvalue weighted by Gasteiger charge is -2.18. The summed E-state index contributed by atoms with van der Waals surface area (Å²) in [6, 6.07) is 13.4. The summed E-state index contributed by atoms with van der Waals surface area (Å²) in [4.78, 5) is 15.5. The first-order valence-electron chi connectivity index (χ1n) is 12.2. The fourth-order valence-corrected chi connectivity index (χ4v) is 6.76. The highest BCUT2D eigenvalue weighted by atomic mass is 32.2. The van der Waals surface area contributed by atoms with Crippen molar-refractivity contribution in [3.63, 3.8) is 0 Å². The van der Waals surface area contributed by atoms with E-state index in [1.807, 2.05) is 26.0 Å². The molecule has 2 heterocycles. The maximum absolute atomic E-state index is 13.0. The molecule has 0 bridgehead atoms. The van der Waals surface area contributed by atoms with Gasteiger partial charge in [-0.05, 0) is 78.9 Å². The number of carbonyl (C=O) groups excluding carboxylic acids is 1. The number of unbranched alkanes of at least 4 members (excludes halogenated alkanes) is 1. The van der Waals surface area contributed by atoms with Crippen LogP contribution in [-0.2, 0) is 12.7 Å². The zero-order chi connectivity index (χ0) is 27.3. The zero-order valence-corrected chi connectivity index (χ0v) is 22.9. The van der Waals surface area contributed by atoms with E-state index in [1.54, 1.807) is 11.8 Å². The van der Waals surface area contributed by atoms with E-state index in [0.29, 0.717) is 10.7 Å². The van der Waals surface area contributed by atoms with Crippen molar-refractivity contribution in [1.29, 1.82) is 0 Å². The molecule has 2 aromatic heterocycles. The quantitative estimate of drug-likeness (QED) is 0.196. The van der Waals surface area contributed by atoms with Gasteiger partial charge in [-0.1, -0.05) is 37.1 Å². The van der Waals surface area contributed by atoms with Gasteiger partial charge >= 0.3 is 6.18 Å². The number of amides is 1. The predicted molar refractivity (Wildman–Crippen MR) is 144 cm³/mol. The number of aromatic nitrogens is 4. The minimum Gasteiger partial charge on any atom is -0.344 e. The van der Waals surface area contributed by atoms with Gasteiger partial charge in [-0.3, -0.25) is 4.79 Å². The van der Waals surface area contributed by atoms with E-state index in [1.165, 1.54) is 23.5 Å². The van der Waals surface area contributed by atoms with Crippen LogP contribution >= 0.6 is 23.1 Å². The van der Waals surface area contributed by atoms with E-state index < -0.39 is 11.7 Å². The average Bonchev–Trinajstić information content (AvgIpc) is 3.57. The second-order valence-corrected chi connectivity index (χ2v) is 11.4. The molecule has 4 aromatic rings. The summed E-state index contributed by atoms with van der Waals surface area (Å²) < 4.78 is 39.0. The standard InChI is InChI=1S/C27H28F3N5OS2/c1-4-5-6-21(22-11-12-23(38-22)26(36)31-15-24-32-34-35-33-24)37-20-13-16(2)25(17(3)14-20)18-7-9-19(10-8-18)27(28,29)30/h7-14,21H,4-6,15H2,1-3H3,(H,31,36)(H,32,33,34,35)/t21-/m1/s1. The summed E-state index contributed by atoms with van der Waals surface area (Å²) >= 11 is 3.23. The van der Waals surface area contributed by atoms with Crippen molar-refractivity contribution in [2.45, 2.75) is 62.9 Å². The molecule has 1 amide bonds. The van der Waals surface area contributed by atoms with E-state index in [4.69, 9.17) is 0 Å². The second kappa shape index (κ2) is 12.1. The van der Waals surface area contributed by atoms with Gasteiger partial charge in [0, 0.05) is 15.0 Å². The van der Waals surface area contributed by atoms with Crippen LogP contribution in [0.25, 0.3) is 11.1 Å². The van der Waals surface area contributed by atoms with Gasteiger partial charge in [0.25, 0.3) is 5.91 Å². The van der Waals surface area contributed by atoms with Gasteiger partial charge in [0.2, 0.25) is 0 Å². The number of thiophene rings is 1. The first-order valence-corrected chi connectivity index (χ1v) is 13.9. The monoisotopic (exact) mass is 559 g/mol. The second-order valence-electron chi connectivity index (χ2n) is 8.97. The summed E-state index contributed by atoms with van der Waals surface area (Å²) in [5.74, 6) is 0.231. The van der Waals surface area contributed by atoms with Gasteiger partial charge in [0.05, 0.1) is 17.0 Å². The zero-order valence-electron chi connectivity index (χ0n) is 21.2. The van der Waals surface area contributed by atoms with Crippen LogP contribution in [0.3, 0.4) is 0 Å². The molecule has 0 unspecified atom stereocenters. The Bertz CT molecular complexity index is 1350. The molecule has 0 aliphatic carbocycles. The summed E-state index contributed by atoms with van der Waals surface area (Å²) in [7, 11) is 0. The largest absolute Gasteiger partial charge is 0.416 e. The van der Waals surface area contributed by atoms with Gasteiger partial charge in [-0.15, -0.1) is 33.3 Å². The number of aromatic amines is 1. The first kappa shape index (κ1) is 27.8. The van der Waals surface area contributed by atoms with Crippen molar-refractivity contribution in [3.05, 3.63) is 80.8 Å². The highest BCUT2D eigenvalue weighted by Crippen LogP contribution is 2.43. The van der Waals surface area contributed by atoms with Crippen LogP contribution in [0.4, 0.5) is 13.2 Å². The Morgan fingerprint density at radius 1 is 1.11 bits per heavy atom. The number of tetrazole rings is 1. The van der Waals surface area contributed by atoms with Gasteiger partial charge in [0.1, 0.15) is 0 Å². The van der Waals surface area contributed by atoms with Gasteiger partial charge in [-0.2, -0.15) is 18.4 Å². The minimum absolute atomic E-state index is 0.175. The molecule has 0 spiro atoms. The molecule has 0 aliphatic rings. The van der Waals surface area contributed by atoms with E-state index in [-0.39, 0.29) is 17.7 Å². The smallest absolute Gasteiger partial charge is 0.344 e. The topological polar surface area (TPSA) is 83.6 Å². The van der Waals surface area contributed by atoms with E-state index in [2.05, 4.69) is 45.0 Å². The lowest BCUT2D eigenvalue weighted by atomic mass is 9.95. The van der Waals surface area contributed by atoms with Crippen LogP contribution < -0.4 is 5.32 Å². The number of hydrogen-bond donors (Lipinski definition) is 2. The molecule has 0 fully saturated rings. The SMILES string of the molecule is CCCC[C@@H](Sc1cc(C)c(-c2ccc(C(F)(F)F)cc2)c(C)c1)c1ccc(C(=O)NCc2nn[nH]n2)s1. The molecule has 2 aromatic carbocycles. The molecule has 200 valence electrons. The first-order chi connectivity index (χ1) is 18.2. The van der Waals surface area contributed by atoms with Crippen LogP contribution in [0.5, 0.6) is 0 Å². The number of H-pyrrole nitrogens is 1. The number of aryl methyl sites for hydroxylation is 2. The number of hydrogen-bond acceptors (Lipinski definition) is 6. The number of carbonyl (C=O) groups is 1. The molecule has 0 aliphatic heterocycles. The summed E-state index contributed by atoms with van der Waals surface area (Å²) in [6.07, 6.45) is -1.28. The average molecular weight is 560 g/mol. The predicted octanol–water partition coefficient (Wildman–Crippen LogP) is 7.52. The van der Waals surface area contributed by atoms with Crippen molar-refractivity contribution in [3.8, 4) is 11.1 Å². The maximum Gasteiger partial charge on any atom is 0.416 e. The number of nitrogens with zero attached hydrogens (tertiary/aromatic N) is 3. The summed E-state index contributed by atoms with van der Waals surface area (Å²) in [5, 5.41) is 16.5. The van der Waals surface area contributed by atoms with E-state index in [0.717, 1.165) is 63.4 Å². The molecule has 1 atom stereocenters. The van der Waals surface area contributed by atoms with Crippen LogP contribution in [-0.4, -0.2) is 26.5 Å². The van der Waals surface area contributed by atoms with Crippen molar-refractivity contribution >= 4 is 29.0 Å². The van der Waals surface area contributed by atoms with Gasteiger partial charge in [-0.25, -0.2) is 0 Å². The molecule has 38 heavy (non-hydrogen) atoms. The van der Waals surface area contributed by atoms with Crippen LogP contribution in [0.1, 0.15) is 68.5 Å². The number of alkyl halides is 3. The lowest BCUT2D eigenvalue weighted by Crippen LogP contribution is -2.22. The Morgan fingerprint density at radius 3 is 2.42 bits per heavy atom. The molecular weight excluding hydrogens is 531 g/mol. The van der Waals surface area contributed by atoms with E-state index >= 15 is 0 Å². The minimum atomic E-state index is -4.35. The molecule has 2 N–H and O–H groups in total. The molecule has 6 nitrogen and oxygen atoms in total. The Labute approximate surface area is 227 Å². The number of benzene rings is 2. The van der Waals surface area contributed by atoms with Crippen molar-refractivity contribution < 1.29 is 18.0 Å². The fourth-order valence-electron chi connectivity index (χ4n) is 4.24. The molecular formula is C27H28F3N5OS2. The van der Waals surface area contributed by atoms with Gasteiger partial charge < -0.3 is 5.32 Å². The third kappa shape index (κ3) is 6.82. The van der Waals surface area contributed by atoms with Crippen molar-refractivity contribution in [1.82, 2.24) is 25.9 Å². The van der Waals surface area contributed by atoms with Crippen LogP contribution in [0.15, 0.2) is 53.4 Å². The molecule has 0 saturated heterocycles. The molecule has 0 radical (unpaired) electrons. The summed E-state index contributed by atoms with van der Waals surface area (Å²) in [6.45, 7) is 6.32. The number of thioether (sulfide) groups is 1. The Morgan fingerprint density at radius 2 is 1.82 bits per heavy atom. The molecule has 11 heteroatoms. The molecule has 4 rings (SSSR count). The molecule has 0 saturated carbocycles. The highest BCUT2D eigenvalue weighted by molar-refractivity contribution is 7.99. The highest BCUT2D eigenvalue weighted by Gasteiger charge is 2.30. The van der Waals surface area contributed by atoms with Crippen LogP contribution in [0, 0.1) is 13.8 Å². The van der Waals surface area contributed by atoms with Crippen LogP contribution in [0.2, 0.25) is 0 Å². The number of nitrogens with one attached hydrogen (secondary N) is 2. The van der Waals surface area contributed by atoms with Crippen molar-refractivity contribution in [2.75, 3.05) is 0 Å². The van der Waals surface area contributed by atoms with Gasteiger partial charge in [0.15, 0.2) is 5.82 Å². The Kier molecular flexibility index (Phi) is 8.88. The summed E-state index contributed by atoms with van der Waals surface area (Å²) in [5.41, 5.74) is 3.08. The maximum atomic E-state index is 13.0. The van der Waals surface area contributed by atoms with E-state index in [9.17, 15) is 18.0 Å². The van der Waals surface area contributed by atoms with Crippen molar-refractivity contribution in [2.24, 2.45) is 0 Å². The third-order valence-corrected chi connectivity index (χ3v) is 8.70. The lowest BCUT2D eigenvalue weighted by molar-refractivity contribution is -0.137. The normalized spacial score (nSPS) is 12.5. The third-order valence-electron chi connectivity index (χ3n) is 6.07. The number of halogens is 3. The fraction of sp³-hybridized carbons (Fsp3) is 0.333. The Balaban J connectivity index is 1.51. The Hall–Kier alpha value is -3.18.